The Balaban J connectivity index is 1.96. The monoisotopic (exact) mass is 338 g/mol. The van der Waals surface area contributed by atoms with Crippen molar-refractivity contribution in [3.8, 4) is 0 Å². The maximum atomic E-state index is 12.4. The number of rotatable bonds is 3. The van der Waals surface area contributed by atoms with Crippen LogP contribution < -0.4 is 15.5 Å². The van der Waals surface area contributed by atoms with Crippen molar-refractivity contribution < 1.29 is 9.59 Å². The van der Waals surface area contributed by atoms with Gasteiger partial charge in [0.25, 0.3) is 0 Å². The van der Waals surface area contributed by atoms with E-state index in [1.165, 1.54) is 11.8 Å². The first-order valence-electron chi connectivity index (χ1n) is 8.34. The van der Waals surface area contributed by atoms with Gasteiger partial charge in [-0.1, -0.05) is 12.2 Å². The van der Waals surface area contributed by atoms with E-state index in [2.05, 4.69) is 27.8 Å². The number of allylic oxidation sites excluding steroid dienone is 4. The third-order valence-electron chi connectivity index (χ3n) is 4.22. The highest BCUT2D eigenvalue weighted by Gasteiger charge is 2.22. The number of aromatic nitrogens is 1. The van der Waals surface area contributed by atoms with Crippen LogP contribution in [0.25, 0.3) is 0 Å². The van der Waals surface area contributed by atoms with E-state index in [1.54, 1.807) is 13.1 Å². The summed E-state index contributed by atoms with van der Waals surface area (Å²) in [6, 6.07) is 1.89. The van der Waals surface area contributed by atoms with Crippen LogP contribution in [0.4, 0.5) is 11.5 Å². The summed E-state index contributed by atoms with van der Waals surface area (Å²) < 4.78 is 0. The summed E-state index contributed by atoms with van der Waals surface area (Å²) in [4.78, 5) is 30.1. The molecule has 0 saturated heterocycles. The average molecular weight is 338 g/mol. The van der Waals surface area contributed by atoms with Gasteiger partial charge in [-0.25, -0.2) is 4.98 Å². The minimum absolute atomic E-state index is 0.0435. The molecule has 1 amide bonds. The largest absolute Gasteiger partial charge is 0.342 e. The van der Waals surface area contributed by atoms with Crippen LogP contribution in [0.2, 0.25) is 0 Å². The Morgan fingerprint density at radius 1 is 1.36 bits per heavy atom. The number of aryl methyl sites for hydroxylation is 1. The predicted octanol–water partition coefficient (Wildman–Crippen LogP) is 2.57. The maximum Gasteiger partial charge on any atom is 0.224 e. The Morgan fingerprint density at radius 2 is 2.16 bits per heavy atom. The Bertz CT molecular complexity index is 821. The quantitative estimate of drug-likeness (QED) is 0.886. The SMILES string of the molecule is CC(=O)N(C)c1nc(C)cc2c1CC(=O)C=C(NC1=CCCC=C1)N2. The number of fused-ring (bicyclic) bond motifs is 1. The number of pyridine rings is 1. The smallest absolute Gasteiger partial charge is 0.224 e. The Morgan fingerprint density at radius 3 is 2.84 bits per heavy atom. The topological polar surface area (TPSA) is 74.3 Å². The number of carbonyl (C=O) groups excluding carboxylic acids is 2. The van der Waals surface area contributed by atoms with Crippen LogP contribution in [0, 0.1) is 6.92 Å². The molecule has 6 heteroatoms. The van der Waals surface area contributed by atoms with Crippen molar-refractivity contribution in [3.05, 3.63) is 53.1 Å². The number of nitrogens with one attached hydrogen (secondary N) is 2. The van der Waals surface area contributed by atoms with Gasteiger partial charge >= 0.3 is 0 Å². The van der Waals surface area contributed by atoms with Crippen molar-refractivity contribution in [1.82, 2.24) is 10.3 Å². The van der Waals surface area contributed by atoms with Gasteiger partial charge in [-0.05, 0) is 31.9 Å². The minimum Gasteiger partial charge on any atom is -0.342 e. The van der Waals surface area contributed by atoms with Gasteiger partial charge in [-0.3, -0.25) is 14.5 Å². The fourth-order valence-electron chi connectivity index (χ4n) is 2.89. The maximum absolute atomic E-state index is 12.4. The average Bonchev–Trinajstić information content (AvgIpc) is 2.71. The van der Waals surface area contributed by atoms with Crippen molar-refractivity contribution in [2.75, 3.05) is 17.3 Å². The molecule has 2 aliphatic rings. The van der Waals surface area contributed by atoms with E-state index in [0.29, 0.717) is 11.6 Å². The molecule has 0 fully saturated rings. The minimum atomic E-state index is -0.124. The molecule has 130 valence electrons. The number of amides is 1. The molecule has 2 heterocycles. The standard InChI is InChI=1S/C19H22N4O2/c1-12-9-17-16(19(20-12)23(3)13(2)24)10-15(25)11-18(22-17)21-14-7-5-4-6-8-14/h5,7-9,11,21-22H,4,6,10H2,1-3H3. The second-order valence-electron chi connectivity index (χ2n) is 6.28. The van der Waals surface area contributed by atoms with E-state index < -0.39 is 0 Å². The van der Waals surface area contributed by atoms with E-state index in [4.69, 9.17) is 0 Å². The van der Waals surface area contributed by atoms with Crippen molar-refractivity contribution in [2.45, 2.75) is 33.1 Å². The zero-order valence-corrected chi connectivity index (χ0v) is 14.7. The highest BCUT2D eigenvalue weighted by atomic mass is 16.2. The summed E-state index contributed by atoms with van der Waals surface area (Å²) in [7, 11) is 1.67. The molecule has 6 nitrogen and oxygen atoms in total. The molecule has 0 unspecified atom stereocenters. The first-order chi connectivity index (χ1) is 11.9. The van der Waals surface area contributed by atoms with Crippen LogP contribution in [0.15, 0.2) is 41.9 Å². The van der Waals surface area contributed by atoms with Crippen molar-refractivity contribution in [3.63, 3.8) is 0 Å². The molecule has 1 aliphatic carbocycles. The zero-order chi connectivity index (χ0) is 18.0. The van der Waals surface area contributed by atoms with E-state index in [0.717, 1.165) is 35.5 Å². The molecule has 0 bridgehead atoms. The van der Waals surface area contributed by atoms with Gasteiger partial charge in [-0.2, -0.15) is 0 Å². The fourth-order valence-corrected chi connectivity index (χ4v) is 2.89. The summed E-state index contributed by atoms with van der Waals surface area (Å²) in [6.07, 6.45) is 9.99. The second kappa shape index (κ2) is 6.93. The van der Waals surface area contributed by atoms with E-state index in [-0.39, 0.29) is 18.1 Å². The van der Waals surface area contributed by atoms with Gasteiger partial charge in [0.05, 0.1) is 0 Å². The van der Waals surface area contributed by atoms with Crippen LogP contribution in [-0.2, 0) is 16.0 Å². The van der Waals surface area contributed by atoms with Gasteiger partial charge in [0.1, 0.15) is 11.6 Å². The molecule has 2 N–H and O–H groups in total. The van der Waals surface area contributed by atoms with Gasteiger partial charge in [0, 0.05) is 49.1 Å². The Labute approximate surface area is 147 Å². The first kappa shape index (κ1) is 17.0. The van der Waals surface area contributed by atoms with Crippen molar-refractivity contribution in [1.29, 1.82) is 0 Å². The molecule has 1 aromatic rings. The summed E-state index contributed by atoms with van der Waals surface area (Å²) in [5.74, 6) is 0.983. The highest BCUT2D eigenvalue weighted by molar-refractivity contribution is 5.98. The molecule has 0 spiro atoms. The molecule has 0 saturated carbocycles. The summed E-state index contributed by atoms with van der Waals surface area (Å²) in [6.45, 7) is 3.35. The normalized spacial score (nSPS) is 16.2. The molecule has 0 atom stereocenters. The van der Waals surface area contributed by atoms with Crippen LogP contribution in [0.1, 0.15) is 31.0 Å². The zero-order valence-electron chi connectivity index (χ0n) is 14.7. The molecule has 1 aromatic heterocycles. The number of nitrogens with zero attached hydrogens (tertiary/aromatic N) is 2. The molecule has 1 aliphatic heterocycles. The van der Waals surface area contributed by atoms with Gasteiger partial charge in [0.2, 0.25) is 5.91 Å². The fraction of sp³-hybridized carbons (Fsp3) is 0.316. The van der Waals surface area contributed by atoms with Crippen molar-refractivity contribution in [2.24, 2.45) is 0 Å². The first-order valence-corrected chi connectivity index (χ1v) is 8.34. The molecule has 25 heavy (non-hydrogen) atoms. The molecular formula is C19H22N4O2. The summed E-state index contributed by atoms with van der Waals surface area (Å²) >= 11 is 0. The number of anilines is 2. The van der Waals surface area contributed by atoms with Crippen LogP contribution >= 0.6 is 0 Å². The van der Waals surface area contributed by atoms with Gasteiger partial charge in [-0.15, -0.1) is 0 Å². The third-order valence-corrected chi connectivity index (χ3v) is 4.22. The van der Waals surface area contributed by atoms with Gasteiger partial charge < -0.3 is 10.6 Å². The summed E-state index contributed by atoms with van der Waals surface area (Å²) in [5.41, 5.74) is 3.27. The lowest BCUT2D eigenvalue weighted by Gasteiger charge is -2.21. The van der Waals surface area contributed by atoms with E-state index in [9.17, 15) is 9.59 Å². The van der Waals surface area contributed by atoms with Crippen LogP contribution in [-0.4, -0.2) is 23.7 Å². The second-order valence-corrected chi connectivity index (χ2v) is 6.28. The molecule has 0 aromatic carbocycles. The lowest BCUT2D eigenvalue weighted by Crippen LogP contribution is -2.26. The third kappa shape index (κ3) is 3.79. The molecule has 0 radical (unpaired) electrons. The molecular weight excluding hydrogens is 316 g/mol. The Kier molecular flexibility index (Phi) is 4.70. The lowest BCUT2D eigenvalue weighted by molar-refractivity contribution is -0.116. The van der Waals surface area contributed by atoms with E-state index >= 15 is 0 Å². The molecule has 3 rings (SSSR count). The number of carbonyl (C=O) groups is 2. The van der Waals surface area contributed by atoms with E-state index in [1.807, 2.05) is 19.1 Å². The highest BCUT2D eigenvalue weighted by Crippen LogP contribution is 2.30. The van der Waals surface area contributed by atoms with Crippen LogP contribution in [0.5, 0.6) is 0 Å². The summed E-state index contributed by atoms with van der Waals surface area (Å²) in [5, 5.41) is 6.55. The number of ketones is 1. The van der Waals surface area contributed by atoms with Crippen LogP contribution in [0.3, 0.4) is 0 Å². The van der Waals surface area contributed by atoms with Crippen molar-refractivity contribution >= 4 is 23.2 Å². The lowest BCUT2D eigenvalue weighted by atomic mass is 10.1. The number of hydrogen-bond acceptors (Lipinski definition) is 5. The number of hydrogen-bond donors (Lipinski definition) is 2. The predicted molar refractivity (Wildman–Crippen MR) is 98.1 cm³/mol. The van der Waals surface area contributed by atoms with Gasteiger partial charge in [0.15, 0.2) is 5.78 Å². The Hall–Kier alpha value is -2.89.